The van der Waals surface area contributed by atoms with E-state index in [0.717, 1.165) is 0 Å². The minimum Gasteiger partial charge on any atom is -0.382 e. The molecule has 76 valence electrons. The standard InChI is InChI=1S/C10H13NO3/c1-4-6-9(5-2)7-10(8(3)12)11(13)14/h4-8,12H,1-2H2,3H3/b9-6+,10-7-. The summed E-state index contributed by atoms with van der Waals surface area (Å²) in [6.45, 7) is 8.28. The van der Waals surface area contributed by atoms with E-state index in [0.29, 0.717) is 5.57 Å². The molecule has 4 nitrogen and oxygen atoms in total. The Morgan fingerprint density at radius 2 is 2.14 bits per heavy atom. The van der Waals surface area contributed by atoms with Crippen molar-refractivity contribution in [1.29, 1.82) is 0 Å². The molecule has 0 aromatic rings. The number of allylic oxidation sites excluding steroid dienone is 5. The quantitative estimate of drug-likeness (QED) is 0.413. The van der Waals surface area contributed by atoms with Crippen LogP contribution in [0.1, 0.15) is 6.92 Å². The molecule has 0 fully saturated rings. The summed E-state index contributed by atoms with van der Waals surface area (Å²) in [6.07, 6.45) is 4.66. The molecule has 0 aliphatic heterocycles. The topological polar surface area (TPSA) is 63.4 Å². The molecule has 0 aromatic heterocycles. The maximum absolute atomic E-state index is 10.5. The normalized spacial score (nSPS) is 14.7. The predicted molar refractivity (Wildman–Crippen MR) is 55.2 cm³/mol. The Hall–Kier alpha value is -1.68. The molecule has 0 aliphatic rings. The first-order chi connectivity index (χ1) is 6.52. The molecule has 0 saturated carbocycles. The van der Waals surface area contributed by atoms with Gasteiger partial charge in [-0.15, -0.1) is 0 Å². The van der Waals surface area contributed by atoms with E-state index in [1.807, 2.05) is 0 Å². The van der Waals surface area contributed by atoms with Gasteiger partial charge in [0.2, 0.25) is 0 Å². The van der Waals surface area contributed by atoms with Crippen LogP contribution >= 0.6 is 0 Å². The lowest BCUT2D eigenvalue weighted by atomic mass is 10.1. The molecule has 0 bridgehead atoms. The van der Waals surface area contributed by atoms with Crippen molar-refractivity contribution < 1.29 is 10.0 Å². The van der Waals surface area contributed by atoms with Crippen molar-refractivity contribution in [1.82, 2.24) is 0 Å². The minimum atomic E-state index is -1.11. The molecule has 0 amide bonds. The van der Waals surface area contributed by atoms with Crippen molar-refractivity contribution in [2.45, 2.75) is 13.0 Å². The highest BCUT2D eigenvalue weighted by atomic mass is 16.6. The second-order valence-electron chi connectivity index (χ2n) is 2.61. The minimum absolute atomic E-state index is 0.266. The molecule has 0 aromatic carbocycles. The van der Waals surface area contributed by atoms with Gasteiger partial charge in [0, 0.05) is 6.08 Å². The van der Waals surface area contributed by atoms with Crippen molar-refractivity contribution in [3.05, 3.63) is 58.8 Å². The molecular weight excluding hydrogens is 182 g/mol. The van der Waals surface area contributed by atoms with Gasteiger partial charge in [-0.05, 0) is 12.5 Å². The van der Waals surface area contributed by atoms with Crippen molar-refractivity contribution in [3.8, 4) is 0 Å². The molecule has 1 N–H and O–H groups in total. The second kappa shape index (κ2) is 5.88. The van der Waals surface area contributed by atoms with E-state index in [1.165, 1.54) is 25.2 Å². The van der Waals surface area contributed by atoms with E-state index in [4.69, 9.17) is 5.11 Å². The average Bonchev–Trinajstić information content (AvgIpc) is 2.10. The van der Waals surface area contributed by atoms with Gasteiger partial charge >= 0.3 is 0 Å². The van der Waals surface area contributed by atoms with Crippen molar-refractivity contribution in [2.24, 2.45) is 0 Å². The molecule has 0 aliphatic carbocycles. The van der Waals surface area contributed by atoms with Crippen molar-refractivity contribution >= 4 is 0 Å². The Kier molecular flexibility index (Phi) is 5.17. The average molecular weight is 195 g/mol. The number of aliphatic hydroxyl groups is 1. The molecule has 4 heteroatoms. The summed E-state index contributed by atoms with van der Waals surface area (Å²) in [5.41, 5.74) is 0.269. The number of nitro groups is 1. The summed E-state index contributed by atoms with van der Waals surface area (Å²) in [7, 11) is 0. The fraction of sp³-hybridized carbons (Fsp3) is 0.200. The van der Waals surface area contributed by atoms with E-state index in [2.05, 4.69) is 13.2 Å². The largest absolute Gasteiger partial charge is 0.382 e. The lowest BCUT2D eigenvalue weighted by molar-refractivity contribution is -0.435. The SMILES string of the molecule is C=C/C=C(C=C)/C=C(/C(C)O)[N+](=O)[O-]. The van der Waals surface area contributed by atoms with Crippen LogP contribution in [-0.2, 0) is 0 Å². The highest BCUT2D eigenvalue weighted by Crippen LogP contribution is 2.08. The summed E-state index contributed by atoms with van der Waals surface area (Å²) in [6, 6.07) is 0. The van der Waals surface area contributed by atoms with Crippen LogP contribution in [-0.4, -0.2) is 16.1 Å². The lowest BCUT2D eigenvalue weighted by Crippen LogP contribution is -2.13. The van der Waals surface area contributed by atoms with Gasteiger partial charge in [-0.1, -0.05) is 31.4 Å². The van der Waals surface area contributed by atoms with Crippen LogP contribution in [0.25, 0.3) is 0 Å². The second-order valence-corrected chi connectivity index (χ2v) is 2.61. The van der Waals surface area contributed by atoms with Crippen LogP contribution in [0.4, 0.5) is 0 Å². The van der Waals surface area contributed by atoms with Crippen LogP contribution in [0.5, 0.6) is 0 Å². The summed E-state index contributed by atoms with van der Waals surface area (Å²) < 4.78 is 0. The Bertz CT molecular complexity index is 300. The number of hydrogen-bond acceptors (Lipinski definition) is 3. The van der Waals surface area contributed by atoms with E-state index in [1.54, 1.807) is 6.08 Å². The predicted octanol–water partition coefficient (Wildman–Crippen LogP) is 1.83. The van der Waals surface area contributed by atoms with Gasteiger partial charge in [-0.3, -0.25) is 10.1 Å². The molecule has 14 heavy (non-hydrogen) atoms. The fourth-order valence-electron chi connectivity index (χ4n) is 0.808. The monoisotopic (exact) mass is 195 g/mol. The van der Waals surface area contributed by atoms with Crippen LogP contribution in [0.3, 0.4) is 0 Å². The van der Waals surface area contributed by atoms with Gasteiger partial charge < -0.3 is 5.11 Å². The molecule has 0 radical (unpaired) electrons. The third-order valence-electron chi connectivity index (χ3n) is 1.50. The van der Waals surface area contributed by atoms with Crippen LogP contribution in [0, 0.1) is 10.1 Å². The van der Waals surface area contributed by atoms with Crippen LogP contribution in [0.15, 0.2) is 48.7 Å². The van der Waals surface area contributed by atoms with Gasteiger partial charge in [0.1, 0.15) is 6.10 Å². The Balaban J connectivity index is 5.07. The van der Waals surface area contributed by atoms with E-state index >= 15 is 0 Å². The molecule has 1 unspecified atom stereocenters. The smallest absolute Gasteiger partial charge is 0.274 e. The van der Waals surface area contributed by atoms with Gasteiger partial charge in [0.15, 0.2) is 0 Å². The zero-order chi connectivity index (χ0) is 11.1. The summed E-state index contributed by atoms with van der Waals surface area (Å²) in [5, 5.41) is 19.6. The number of nitrogens with zero attached hydrogens (tertiary/aromatic N) is 1. The third kappa shape index (κ3) is 3.82. The van der Waals surface area contributed by atoms with E-state index < -0.39 is 11.0 Å². The highest BCUT2D eigenvalue weighted by Gasteiger charge is 2.16. The first-order valence-corrected chi connectivity index (χ1v) is 4.02. The van der Waals surface area contributed by atoms with E-state index in [-0.39, 0.29) is 5.70 Å². The first-order valence-electron chi connectivity index (χ1n) is 4.02. The van der Waals surface area contributed by atoms with Crippen molar-refractivity contribution in [2.75, 3.05) is 0 Å². The lowest BCUT2D eigenvalue weighted by Gasteiger charge is -2.00. The van der Waals surface area contributed by atoms with Crippen molar-refractivity contribution in [3.63, 3.8) is 0 Å². The maximum atomic E-state index is 10.5. The third-order valence-corrected chi connectivity index (χ3v) is 1.50. The van der Waals surface area contributed by atoms with Crippen LogP contribution in [0.2, 0.25) is 0 Å². The zero-order valence-corrected chi connectivity index (χ0v) is 8.01. The first kappa shape index (κ1) is 12.3. The Morgan fingerprint density at radius 1 is 1.57 bits per heavy atom. The molecule has 1 atom stereocenters. The van der Waals surface area contributed by atoms with Crippen LogP contribution < -0.4 is 0 Å². The maximum Gasteiger partial charge on any atom is 0.274 e. The molecule has 0 spiro atoms. The van der Waals surface area contributed by atoms with Gasteiger partial charge in [0.05, 0.1) is 4.92 Å². The van der Waals surface area contributed by atoms with Gasteiger partial charge in [0.25, 0.3) is 5.70 Å². The molecule has 0 rings (SSSR count). The van der Waals surface area contributed by atoms with Gasteiger partial charge in [-0.2, -0.15) is 0 Å². The molecule has 0 heterocycles. The fourth-order valence-corrected chi connectivity index (χ4v) is 0.808. The summed E-state index contributed by atoms with van der Waals surface area (Å²) >= 11 is 0. The molecular formula is C10H13NO3. The Morgan fingerprint density at radius 3 is 2.43 bits per heavy atom. The van der Waals surface area contributed by atoms with Gasteiger partial charge in [-0.25, -0.2) is 0 Å². The summed E-state index contributed by atoms with van der Waals surface area (Å²) in [4.78, 5) is 9.87. The summed E-state index contributed by atoms with van der Waals surface area (Å²) in [5.74, 6) is 0. The highest BCUT2D eigenvalue weighted by molar-refractivity contribution is 5.33. The number of hydrogen-bond donors (Lipinski definition) is 1. The number of aliphatic hydroxyl groups excluding tert-OH is 1. The van der Waals surface area contributed by atoms with E-state index in [9.17, 15) is 10.1 Å². The molecule has 0 saturated heterocycles. The Labute approximate surface area is 82.7 Å². The zero-order valence-electron chi connectivity index (χ0n) is 8.01. The number of rotatable bonds is 5.